The van der Waals surface area contributed by atoms with Crippen molar-refractivity contribution >= 4 is 5.69 Å². The summed E-state index contributed by atoms with van der Waals surface area (Å²) in [5.41, 5.74) is 5.44. The number of nitrogens with zero attached hydrogens (tertiary/aromatic N) is 1. The highest BCUT2D eigenvalue weighted by Crippen LogP contribution is 2.15. The van der Waals surface area contributed by atoms with E-state index in [0.29, 0.717) is 11.6 Å². The highest BCUT2D eigenvalue weighted by atomic mass is 16.5. The van der Waals surface area contributed by atoms with Crippen LogP contribution in [0.25, 0.3) is 0 Å². The van der Waals surface area contributed by atoms with E-state index in [1.54, 1.807) is 26.0 Å². The number of rotatable bonds is 3. The number of hydrogen-bond acceptors (Lipinski definition) is 4. The van der Waals surface area contributed by atoms with Crippen LogP contribution in [0.15, 0.2) is 18.3 Å². The van der Waals surface area contributed by atoms with E-state index in [1.165, 1.54) is 6.20 Å². The summed E-state index contributed by atoms with van der Waals surface area (Å²) in [6.07, 6.45) is 1.52. The van der Waals surface area contributed by atoms with Crippen LogP contribution in [0.2, 0.25) is 0 Å². The van der Waals surface area contributed by atoms with E-state index in [0.717, 1.165) is 0 Å². The maximum absolute atomic E-state index is 8.93. The SMILES string of the molecule is CC(C)(CO)Oc1ccc(N)cn1. The molecule has 3 N–H and O–H groups in total. The summed E-state index contributed by atoms with van der Waals surface area (Å²) >= 11 is 0. The van der Waals surface area contributed by atoms with Crippen LogP contribution in [0.1, 0.15) is 13.8 Å². The maximum Gasteiger partial charge on any atom is 0.213 e. The molecular weight excluding hydrogens is 168 g/mol. The molecule has 0 unspecified atom stereocenters. The van der Waals surface area contributed by atoms with E-state index in [9.17, 15) is 0 Å². The molecule has 0 saturated heterocycles. The highest BCUT2D eigenvalue weighted by Gasteiger charge is 2.18. The van der Waals surface area contributed by atoms with E-state index >= 15 is 0 Å². The molecule has 4 nitrogen and oxygen atoms in total. The Morgan fingerprint density at radius 1 is 1.54 bits per heavy atom. The second-order valence-corrected chi connectivity index (χ2v) is 3.45. The molecular formula is C9H14N2O2. The molecule has 1 aromatic heterocycles. The minimum atomic E-state index is -0.608. The number of nitrogen functional groups attached to an aromatic ring is 1. The number of aliphatic hydroxyl groups excluding tert-OH is 1. The number of anilines is 1. The molecule has 13 heavy (non-hydrogen) atoms. The van der Waals surface area contributed by atoms with Gasteiger partial charge < -0.3 is 15.6 Å². The highest BCUT2D eigenvalue weighted by molar-refractivity contribution is 5.36. The predicted molar refractivity (Wildman–Crippen MR) is 50.4 cm³/mol. The van der Waals surface area contributed by atoms with Crippen LogP contribution in [0.5, 0.6) is 5.88 Å². The summed E-state index contributed by atoms with van der Waals surface area (Å²) in [7, 11) is 0. The normalized spacial score (nSPS) is 11.3. The smallest absolute Gasteiger partial charge is 0.213 e. The van der Waals surface area contributed by atoms with Crippen LogP contribution in [-0.2, 0) is 0 Å². The summed E-state index contributed by atoms with van der Waals surface area (Å²) in [6.45, 7) is 3.51. The van der Waals surface area contributed by atoms with E-state index in [1.807, 2.05) is 0 Å². The van der Waals surface area contributed by atoms with Gasteiger partial charge in [-0.1, -0.05) is 0 Å². The predicted octanol–water partition coefficient (Wildman–Crippen LogP) is 0.814. The Kier molecular flexibility index (Phi) is 2.72. The zero-order valence-corrected chi connectivity index (χ0v) is 7.82. The third kappa shape index (κ3) is 2.91. The average Bonchev–Trinajstić information content (AvgIpc) is 2.09. The lowest BCUT2D eigenvalue weighted by Crippen LogP contribution is -2.32. The molecule has 0 bridgehead atoms. The van der Waals surface area contributed by atoms with E-state index < -0.39 is 5.60 Å². The number of pyridine rings is 1. The molecule has 4 heteroatoms. The molecule has 0 saturated carbocycles. The van der Waals surface area contributed by atoms with Crippen LogP contribution in [0.4, 0.5) is 5.69 Å². The van der Waals surface area contributed by atoms with Gasteiger partial charge in [-0.15, -0.1) is 0 Å². The van der Waals surface area contributed by atoms with E-state index in [2.05, 4.69) is 4.98 Å². The van der Waals surface area contributed by atoms with Gasteiger partial charge in [-0.05, 0) is 19.9 Å². The zero-order chi connectivity index (χ0) is 9.90. The molecule has 0 fully saturated rings. The Morgan fingerprint density at radius 2 is 2.23 bits per heavy atom. The van der Waals surface area contributed by atoms with Gasteiger partial charge in [-0.2, -0.15) is 0 Å². The Balaban J connectivity index is 2.69. The zero-order valence-electron chi connectivity index (χ0n) is 7.82. The molecule has 0 spiro atoms. The molecule has 0 radical (unpaired) electrons. The van der Waals surface area contributed by atoms with Crippen molar-refractivity contribution in [1.29, 1.82) is 0 Å². The number of aliphatic hydroxyl groups is 1. The van der Waals surface area contributed by atoms with Crippen LogP contribution >= 0.6 is 0 Å². The molecule has 1 heterocycles. The summed E-state index contributed by atoms with van der Waals surface area (Å²) in [6, 6.07) is 3.38. The third-order valence-corrected chi connectivity index (χ3v) is 1.52. The number of hydrogen-bond donors (Lipinski definition) is 2. The minimum Gasteiger partial charge on any atom is -0.469 e. The first-order valence-electron chi connectivity index (χ1n) is 4.05. The van der Waals surface area contributed by atoms with Crippen LogP contribution in [0, 0.1) is 0 Å². The van der Waals surface area contributed by atoms with Crippen LogP contribution in [-0.4, -0.2) is 22.3 Å². The first-order chi connectivity index (χ1) is 6.03. The van der Waals surface area contributed by atoms with Gasteiger partial charge in [-0.3, -0.25) is 0 Å². The number of aromatic nitrogens is 1. The number of nitrogens with two attached hydrogens (primary N) is 1. The fourth-order valence-electron chi connectivity index (χ4n) is 0.767. The Labute approximate surface area is 77.4 Å². The van der Waals surface area contributed by atoms with Crippen molar-refractivity contribution < 1.29 is 9.84 Å². The molecule has 0 amide bonds. The first-order valence-corrected chi connectivity index (χ1v) is 4.05. The van der Waals surface area contributed by atoms with Gasteiger partial charge in [-0.25, -0.2) is 4.98 Å². The third-order valence-electron chi connectivity index (χ3n) is 1.52. The molecule has 0 aliphatic rings. The van der Waals surface area contributed by atoms with Crippen molar-refractivity contribution in [3.05, 3.63) is 18.3 Å². The molecule has 0 aliphatic heterocycles. The standard InChI is InChI=1S/C9H14N2O2/c1-9(2,6-12)13-8-4-3-7(10)5-11-8/h3-5,12H,6,10H2,1-2H3. The largest absolute Gasteiger partial charge is 0.469 e. The van der Waals surface area contributed by atoms with E-state index in [4.69, 9.17) is 15.6 Å². The van der Waals surface area contributed by atoms with Gasteiger partial charge in [0.15, 0.2) is 0 Å². The van der Waals surface area contributed by atoms with Gasteiger partial charge in [0.2, 0.25) is 5.88 Å². The Hall–Kier alpha value is -1.29. The molecule has 0 aliphatic carbocycles. The van der Waals surface area contributed by atoms with E-state index in [-0.39, 0.29) is 6.61 Å². The van der Waals surface area contributed by atoms with Crippen LogP contribution in [0.3, 0.4) is 0 Å². The summed E-state index contributed by atoms with van der Waals surface area (Å²) in [5, 5.41) is 8.93. The maximum atomic E-state index is 8.93. The monoisotopic (exact) mass is 182 g/mol. The first kappa shape index (κ1) is 9.80. The number of ether oxygens (including phenoxy) is 1. The van der Waals surface area contributed by atoms with Gasteiger partial charge in [0.1, 0.15) is 5.60 Å². The van der Waals surface area contributed by atoms with Crippen molar-refractivity contribution in [2.45, 2.75) is 19.4 Å². The van der Waals surface area contributed by atoms with Gasteiger partial charge >= 0.3 is 0 Å². The van der Waals surface area contributed by atoms with Crippen LogP contribution < -0.4 is 10.5 Å². The lowest BCUT2D eigenvalue weighted by atomic mass is 10.1. The lowest BCUT2D eigenvalue weighted by molar-refractivity contribution is 0.0373. The average molecular weight is 182 g/mol. The quantitative estimate of drug-likeness (QED) is 0.726. The van der Waals surface area contributed by atoms with Crippen molar-refractivity contribution in [1.82, 2.24) is 4.98 Å². The van der Waals surface area contributed by atoms with Crippen molar-refractivity contribution in [3.8, 4) is 5.88 Å². The second-order valence-electron chi connectivity index (χ2n) is 3.45. The Morgan fingerprint density at radius 3 is 2.69 bits per heavy atom. The van der Waals surface area contributed by atoms with Gasteiger partial charge in [0, 0.05) is 6.07 Å². The molecule has 0 aromatic carbocycles. The molecule has 1 rings (SSSR count). The Bertz CT molecular complexity index is 269. The molecule has 0 atom stereocenters. The lowest BCUT2D eigenvalue weighted by Gasteiger charge is -2.22. The van der Waals surface area contributed by atoms with Crippen molar-refractivity contribution in [2.75, 3.05) is 12.3 Å². The summed E-state index contributed by atoms with van der Waals surface area (Å²) < 4.78 is 5.39. The summed E-state index contributed by atoms with van der Waals surface area (Å²) in [5.74, 6) is 0.466. The minimum absolute atomic E-state index is 0.0565. The van der Waals surface area contributed by atoms with Crippen molar-refractivity contribution in [3.63, 3.8) is 0 Å². The van der Waals surface area contributed by atoms with Gasteiger partial charge in [0.05, 0.1) is 18.5 Å². The fourth-order valence-corrected chi connectivity index (χ4v) is 0.767. The topological polar surface area (TPSA) is 68.4 Å². The fraction of sp³-hybridized carbons (Fsp3) is 0.444. The molecule has 1 aromatic rings. The van der Waals surface area contributed by atoms with Gasteiger partial charge in [0.25, 0.3) is 0 Å². The van der Waals surface area contributed by atoms with Crippen molar-refractivity contribution in [2.24, 2.45) is 0 Å². The second kappa shape index (κ2) is 3.62. The molecule has 72 valence electrons. The summed E-state index contributed by atoms with van der Waals surface area (Å²) in [4.78, 5) is 3.95.